The third-order valence-corrected chi connectivity index (χ3v) is 4.37. The minimum Gasteiger partial charge on any atom is -0.144 e. The Morgan fingerprint density at radius 3 is 1.74 bits per heavy atom. The van der Waals surface area contributed by atoms with E-state index >= 15 is 0 Å². The second-order valence-electron chi connectivity index (χ2n) is 4.66. The van der Waals surface area contributed by atoms with Gasteiger partial charge < -0.3 is 0 Å². The molecule has 0 bridgehead atoms. The smallest absolute Gasteiger partial charge is 0.0276 e. The van der Waals surface area contributed by atoms with Gasteiger partial charge >= 0.3 is 0 Å². The molecule has 0 fully saturated rings. The van der Waals surface area contributed by atoms with Crippen molar-refractivity contribution in [1.82, 2.24) is 0 Å². The first-order valence-electron chi connectivity index (χ1n) is 6.38. The number of rotatable bonds is 1. The zero-order chi connectivity index (χ0) is 12.7. The van der Waals surface area contributed by atoms with Gasteiger partial charge in [0, 0.05) is 4.88 Å². The lowest BCUT2D eigenvalue weighted by atomic mass is 10.0. The van der Waals surface area contributed by atoms with Gasteiger partial charge in [-0.1, -0.05) is 54.6 Å². The molecule has 3 aromatic rings. The highest BCUT2D eigenvalue weighted by molar-refractivity contribution is 7.10. The monoisotopic (exact) mass is 260 g/mol. The van der Waals surface area contributed by atoms with Crippen molar-refractivity contribution in [2.75, 3.05) is 0 Å². The zero-order valence-electron chi connectivity index (χ0n) is 10.3. The van der Waals surface area contributed by atoms with Crippen LogP contribution in [0.25, 0.3) is 22.8 Å². The molecule has 1 aliphatic rings. The van der Waals surface area contributed by atoms with Gasteiger partial charge in [-0.25, -0.2) is 0 Å². The van der Waals surface area contributed by atoms with E-state index in [9.17, 15) is 0 Å². The summed E-state index contributed by atoms with van der Waals surface area (Å²) in [4.78, 5) is 1.31. The summed E-state index contributed by atoms with van der Waals surface area (Å²) in [6.45, 7) is 0. The molecule has 0 saturated heterocycles. The second kappa shape index (κ2) is 4.22. The van der Waals surface area contributed by atoms with E-state index in [4.69, 9.17) is 0 Å². The van der Waals surface area contributed by atoms with Crippen LogP contribution in [0.5, 0.6) is 0 Å². The maximum absolute atomic E-state index is 2.30. The van der Waals surface area contributed by atoms with Gasteiger partial charge in [-0.3, -0.25) is 0 Å². The molecular weight excluding hydrogens is 248 g/mol. The van der Waals surface area contributed by atoms with Crippen molar-refractivity contribution in [2.45, 2.75) is 0 Å². The van der Waals surface area contributed by atoms with Crippen molar-refractivity contribution in [1.29, 1.82) is 0 Å². The normalized spacial score (nSPS) is 12.1. The van der Waals surface area contributed by atoms with E-state index in [1.54, 1.807) is 11.3 Å². The van der Waals surface area contributed by atoms with Gasteiger partial charge in [0.1, 0.15) is 0 Å². The predicted octanol–water partition coefficient (Wildman–Crippen LogP) is 5.32. The molecule has 0 unspecified atom stereocenters. The van der Waals surface area contributed by atoms with Crippen LogP contribution in [0, 0.1) is 0 Å². The summed E-state index contributed by atoms with van der Waals surface area (Å²) in [5, 5.41) is 2.12. The molecule has 0 atom stereocenters. The fourth-order valence-corrected chi connectivity index (χ4v) is 3.38. The Balaban J connectivity index is 2.01. The zero-order valence-corrected chi connectivity index (χ0v) is 11.2. The van der Waals surface area contributed by atoms with Crippen molar-refractivity contribution < 1.29 is 0 Å². The lowest BCUT2D eigenvalue weighted by Crippen LogP contribution is -1.79. The Labute approximate surface area is 116 Å². The molecule has 0 N–H and O–H groups in total. The van der Waals surface area contributed by atoms with Crippen LogP contribution in [-0.2, 0) is 0 Å². The molecule has 19 heavy (non-hydrogen) atoms. The Morgan fingerprint density at radius 1 is 0.632 bits per heavy atom. The topological polar surface area (TPSA) is 0 Å². The summed E-state index contributed by atoms with van der Waals surface area (Å²) in [5.74, 6) is 0. The van der Waals surface area contributed by atoms with Crippen LogP contribution in [0.3, 0.4) is 0 Å². The predicted molar refractivity (Wildman–Crippen MR) is 83.2 cm³/mol. The third-order valence-electron chi connectivity index (χ3n) is 3.55. The Bertz CT molecular complexity index is 716. The quantitative estimate of drug-likeness (QED) is 0.434. The standard InChI is InChI=1S/C18H12S/c1-3-9-16-14(7-1)15-8-2-4-10-17(15)18(16)12-13-6-5-11-19-13/h1-12H. The van der Waals surface area contributed by atoms with Crippen molar-refractivity contribution in [2.24, 2.45) is 0 Å². The first-order valence-corrected chi connectivity index (χ1v) is 7.26. The second-order valence-corrected chi connectivity index (χ2v) is 5.64. The van der Waals surface area contributed by atoms with Gasteiger partial charge in [0.2, 0.25) is 0 Å². The van der Waals surface area contributed by atoms with Gasteiger partial charge in [-0.2, -0.15) is 0 Å². The molecule has 0 radical (unpaired) electrons. The molecule has 90 valence electrons. The Hall–Kier alpha value is -2.12. The fourth-order valence-electron chi connectivity index (χ4n) is 2.72. The Kier molecular flexibility index (Phi) is 2.39. The maximum atomic E-state index is 2.30. The van der Waals surface area contributed by atoms with Gasteiger partial charge in [0.05, 0.1) is 0 Å². The minimum atomic E-state index is 1.31. The number of hydrogen-bond acceptors (Lipinski definition) is 1. The lowest BCUT2D eigenvalue weighted by Gasteiger charge is -2.01. The van der Waals surface area contributed by atoms with E-state index in [1.807, 2.05) is 0 Å². The molecule has 0 saturated carbocycles. The third kappa shape index (κ3) is 1.66. The molecule has 0 aliphatic heterocycles. The largest absolute Gasteiger partial charge is 0.144 e. The molecule has 1 heterocycles. The van der Waals surface area contributed by atoms with Gasteiger partial charge in [0.15, 0.2) is 0 Å². The SMILES string of the molecule is C(=C1c2ccccc2-c2ccccc21)c1cccs1. The summed E-state index contributed by atoms with van der Waals surface area (Å²) in [6.07, 6.45) is 2.30. The van der Waals surface area contributed by atoms with E-state index in [2.05, 4.69) is 72.1 Å². The number of hydrogen-bond donors (Lipinski definition) is 0. The van der Waals surface area contributed by atoms with Gasteiger partial charge in [0.25, 0.3) is 0 Å². The van der Waals surface area contributed by atoms with Crippen LogP contribution >= 0.6 is 11.3 Å². The lowest BCUT2D eigenvalue weighted by molar-refractivity contribution is 1.65. The van der Waals surface area contributed by atoms with Crippen LogP contribution in [0.2, 0.25) is 0 Å². The van der Waals surface area contributed by atoms with E-state index in [1.165, 1.54) is 32.7 Å². The van der Waals surface area contributed by atoms with Crippen LogP contribution in [-0.4, -0.2) is 0 Å². The average Bonchev–Trinajstić information content (AvgIpc) is 3.08. The molecule has 1 heteroatoms. The summed E-state index contributed by atoms with van der Waals surface area (Å²) in [6, 6.07) is 21.6. The van der Waals surface area contributed by atoms with E-state index < -0.39 is 0 Å². The maximum Gasteiger partial charge on any atom is 0.0276 e. The summed E-state index contributed by atoms with van der Waals surface area (Å²) >= 11 is 1.78. The van der Waals surface area contributed by atoms with Gasteiger partial charge in [-0.15, -0.1) is 11.3 Å². The van der Waals surface area contributed by atoms with Crippen molar-refractivity contribution in [3.8, 4) is 11.1 Å². The molecule has 0 nitrogen and oxygen atoms in total. The van der Waals surface area contributed by atoms with Gasteiger partial charge in [-0.05, 0) is 45.3 Å². The van der Waals surface area contributed by atoms with Crippen molar-refractivity contribution >= 4 is 23.0 Å². The number of thiophene rings is 1. The average molecular weight is 260 g/mol. The van der Waals surface area contributed by atoms with Crippen molar-refractivity contribution in [3.05, 3.63) is 82.0 Å². The fraction of sp³-hybridized carbons (Fsp3) is 0. The van der Waals surface area contributed by atoms with E-state index in [0.29, 0.717) is 0 Å². The Morgan fingerprint density at radius 2 is 1.21 bits per heavy atom. The van der Waals surface area contributed by atoms with Crippen LogP contribution in [0.1, 0.15) is 16.0 Å². The van der Waals surface area contributed by atoms with Crippen LogP contribution in [0.15, 0.2) is 66.0 Å². The first kappa shape index (κ1) is 10.8. The number of benzene rings is 2. The first-order chi connectivity index (χ1) is 9.43. The highest BCUT2D eigenvalue weighted by Crippen LogP contribution is 2.44. The highest BCUT2D eigenvalue weighted by Gasteiger charge is 2.22. The summed E-state index contributed by atoms with van der Waals surface area (Å²) < 4.78 is 0. The van der Waals surface area contributed by atoms with E-state index in [-0.39, 0.29) is 0 Å². The molecular formula is C18H12S. The molecule has 0 amide bonds. The van der Waals surface area contributed by atoms with Crippen LogP contribution in [0.4, 0.5) is 0 Å². The molecule has 2 aromatic carbocycles. The van der Waals surface area contributed by atoms with Crippen LogP contribution < -0.4 is 0 Å². The molecule has 4 rings (SSSR count). The number of fused-ring (bicyclic) bond motifs is 3. The van der Waals surface area contributed by atoms with Crippen molar-refractivity contribution in [3.63, 3.8) is 0 Å². The minimum absolute atomic E-state index is 1.31. The van der Waals surface area contributed by atoms with E-state index in [0.717, 1.165) is 0 Å². The molecule has 0 spiro atoms. The summed E-state index contributed by atoms with van der Waals surface area (Å²) in [5.41, 5.74) is 6.73. The summed E-state index contributed by atoms with van der Waals surface area (Å²) in [7, 11) is 0. The highest BCUT2D eigenvalue weighted by atomic mass is 32.1. The molecule has 1 aliphatic carbocycles. The molecule has 1 aromatic heterocycles.